The number of phenolic OH excluding ortho intramolecular Hbond substituents is 1. The van der Waals surface area contributed by atoms with E-state index in [1.54, 1.807) is 6.07 Å². The second-order valence-electron chi connectivity index (χ2n) is 2.86. The number of hydrogen-bond acceptors (Lipinski definition) is 2. The van der Waals surface area contributed by atoms with Crippen LogP contribution in [-0.2, 0) is 7.05 Å². The summed E-state index contributed by atoms with van der Waals surface area (Å²) in [5, 5.41) is 10.3. The Labute approximate surface area is 70.0 Å². The molecule has 2 aromatic rings. The lowest BCUT2D eigenvalue weighted by Crippen LogP contribution is -1.87. The zero-order valence-electron chi connectivity index (χ0n) is 6.78. The van der Waals surface area contributed by atoms with Crippen molar-refractivity contribution in [3.8, 4) is 5.75 Å². The van der Waals surface area contributed by atoms with Crippen LogP contribution in [-0.4, -0.2) is 9.67 Å². The SMILES string of the molecule is Cn1ccc2c(O)c(N)ccc21. The van der Waals surface area contributed by atoms with Crippen molar-refractivity contribution in [3.05, 3.63) is 24.4 Å². The quantitative estimate of drug-likeness (QED) is 0.455. The molecule has 0 spiro atoms. The van der Waals surface area contributed by atoms with E-state index in [9.17, 15) is 5.11 Å². The van der Waals surface area contributed by atoms with E-state index in [4.69, 9.17) is 5.73 Å². The number of aromatic hydroxyl groups is 1. The number of nitrogens with two attached hydrogens (primary N) is 1. The van der Waals surface area contributed by atoms with Crippen molar-refractivity contribution < 1.29 is 5.11 Å². The van der Waals surface area contributed by atoms with Crippen LogP contribution in [0.5, 0.6) is 5.75 Å². The third kappa shape index (κ3) is 0.763. The predicted molar refractivity (Wildman–Crippen MR) is 49.0 cm³/mol. The first-order valence-electron chi connectivity index (χ1n) is 3.72. The molecule has 0 amide bonds. The maximum Gasteiger partial charge on any atom is 0.147 e. The van der Waals surface area contributed by atoms with Gasteiger partial charge >= 0.3 is 0 Å². The Bertz CT molecular complexity index is 431. The maximum atomic E-state index is 9.53. The summed E-state index contributed by atoms with van der Waals surface area (Å²) in [6.45, 7) is 0. The Kier molecular flexibility index (Phi) is 1.27. The molecule has 2 rings (SSSR count). The number of rotatable bonds is 0. The lowest BCUT2D eigenvalue weighted by atomic mass is 10.2. The van der Waals surface area contributed by atoms with Crippen LogP contribution in [0.3, 0.4) is 0 Å². The molecule has 1 aromatic heterocycles. The zero-order chi connectivity index (χ0) is 8.72. The minimum Gasteiger partial charge on any atom is -0.505 e. The molecule has 0 aliphatic rings. The van der Waals surface area contributed by atoms with E-state index in [1.807, 2.05) is 29.9 Å². The Balaban J connectivity index is 2.93. The van der Waals surface area contributed by atoms with E-state index in [0.717, 1.165) is 10.9 Å². The maximum absolute atomic E-state index is 9.53. The second kappa shape index (κ2) is 2.17. The van der Waals surface area contributed by atoms with Crippen LogP contribution in [0.15, 0.2) is 24.4 Å². The molecule has 3 N–H and O–H groups in total. The van der Waals surface area contributed by atoms with E-state index in [1.165, 1.54) is 0 Å². The molecule has 1 aromatic carbocycles. The highest BCUT2D eigenvalue weighted by atomic mass is 16.3. The van der Waals surface area contributed by atoms with Gasteiger partial charge < -0.3 is 15.4 Å². The molecule has 0 aliphatic heterocycles. The average Bonchev–Trinajstić information content (AvgIpc) is 2.41. The average molecular weight is 162 g/mol. The normalized spacial score (nSPS) is 10.8. The fraction of sp³-hybridized carbons (Fsp3) is 0.111. The zero-order valence-corrected chi connectivity index (χ0v) is 6.78. The number of hydrogen-bond donors (Lipinski definition) is 2. The molecule has 0 unspecified atom stereocenters. The molecule has 3 heteroatoms. The summed E-state index contributed by atoms with van der Waals surface area (Å²) in [7, 11) is 1.93. The van der Waals surface area contributed by atoms with Gasteiger partial charge in [-0.05, 0) is 18.2 Å². The van der Waals surface area contributed by atoms with Crippen LogP contribution in [0.25, 0.3) is 10.9 Å². The van der Waals surface area contributed by atoms with Crippen LogP contribution in [0.2, 0.25) is 0 Å². The van der Waals surface area contributed by atoms with Gasteiger partial charge in [0.15, 0.2) is 0 Å². The standard InChI is InChI=1S/C9H10N2O/c1-11-5-4-6-8(11)3-2-7(10)9(6)12/h2-5,12H,10H2,1H3. The summed E-state index contributed by atoms with van der Waals surface area (Å²) >= 11 is 0. The third-order valence-electron chi connectivity index (χ3n) is 2.07. The molecular weight excluding hydrogens is 152 g/mol. The van der Waals surface area contributed by atoms with Gasteiger partial charge in [0.05, 0.1) is 11.2 Å². The van der Waals surface area contributed by atoms with Crippen LogP contribution in [0.4, 0.5) is 5.69 Å². The Morgan fingerprint density at radius 3 is 2.83 bits per heavy atom. The van der Waals surface area contributed by atoms with Crippen molar-refractivity contribution >= 4 is 16.6 Å². The molecule has 0 saturated heterocycles. The molecule has 0 saturated carbocycles. The van der Waals surface area contributed by atoms with Gasteiger partial charge in [-0.2, -0.15) is 0 Å². The topological polar surface area (TPSA) is 51.2 Å². The molecule has 12 heavy (non-hydrogen) atoms. The van der Waals surface area contributed by atoms with E-state index in [0.29, 0.717) is 5.69 Å². The highest BCUT2D eigenvalue weighted by molar-refractivity contribution is 5.90. The number of benzene rings is 1. The summed E-state index contributed by atoms with van der Waals surface area (Å²) in [6, 6.07) is 5.45. The van der Waals surface area contributed by atoms with Crippen LogP contribution >= 0.6 is 0 Å². The first-order chi connectivity index (χ1) is 5.70. The fourth-order valence-corrected chi connectivity index (χ4v) is 1.35. The molecule has 1 heterocycles. The lowest BCUT2D eigenvalue weighted by Gasteiger charge is -2.00. The molecule has 0 bridgehead atoms. The van der Waals surface area contributed by atoms with Crippen molar-refractivity contribution in [2.75, 3.05) is 5.73 Å². The number of phenols is 1. The summed E-state index contributed by atoms with van der Waals surface area (Å²) < 4.78 is 1.94. The molecule has 0 fully saturated rings. The van der Waals surface area contributed by atoms with E-state index < -0.39 is 0 Å². The monoisotopic (exact) mass is 162 g/mol. The minimum atomic E-state index is 0.174. The van der Waals surface area contributed by atoms with Crippen molar-refractivity contribution in [1.29, 1.82) is 0 Å². The lowest BCUT2D eigenvalue weighted by molar-refractivity contribution is 0.484. The number of nitrogens with zero attached hydrogens (tertiary/aromatic N) is 1. The van der Waals surface area contributed by atoms with Gasteiger partial charge in [-0.15, -0.1) is 0 Å². The first kappa shape index (κ1) is 7.03. The number of anilines is 1. The van der Waals surface area contributed by atoms with Gasteiger partial charge in [-0.1, -0.05) is 0 Å². The highest BCUT2D eigenvalue weighted by Crippen LogP contribution is 2.30. The van der Waals surface area contributed by atoms with Gasteiger partial charge in [0.2, 0.25) is 0 Å². The third-order valence-corrected chi connectivity index (χ3v) is 2.07. The Hall–Kier alpha value is -1.64. The molecule has 0 radical (unpaired) electrons. The van der Waals surface area contributed by atoms with Crippen molar-refractivity contribution in [3.63, 3.8) is 0 Å². The molecule has 3 nitrogen and oxygen atoms in total. The van der Waals surface area contributed by atoms with Crippen molar-refractivity contribution in [2.24, 2.45) is 7.05 Å². The second-order valence-corrected chi connectivity index (χ2v) is 2.86. The summed E-state index contributed by atoms with van der Waals surface area (Å²) in [5.41, 5.74) is 6.95. The fourth-order valence-electron chi connectivity index (χ4n) is 1.35. The largest absolute Gasteiger partial charge is 0.505 e. The van der Waals surface area contributed by atoms with Gasteiger partial charge in [-0.3, -0.25) is 0 Å². The summed E-state index contributed by atoms with van der Waals surface area (Å²) in [4.78, 5) is 0. The van der Waals surface area contributed by atoms with Crippen LogP contribution in [0.1, 0.15) is 0 Å². The first-order valence-corrected chi connectivity index (χ1v) is 3.72. The number of aromatic nitrogens is 1. The Morgan fingerprint density at radius 2 is 2.08 bits per heavy atom. The number of aryl methyl sites for hydroxylation is 1. The van der Waals surface area contributed by atoms with Crippen LogP contribution in [0, 0.1) is 0 Å². The van der Waals surface area contributed by atoms with Crippen molar-refractivity contribution in [1.82, 2.24) is 4.57 Å². The number of nitrogen functional groups attached to an aromatic ring is 1. The smallest absolute Gasteiger partial charge is 0.147 e. The summed E-state index contributed by atoms with van der Waals surface area (Å²) in [5.74, 6) is 0.174. The number of fused-ring (bicyclic) bond motifs is 1. The van der Waals surface area contributed by atoms with Gasteiger partial charge in [0.25, 0.3) is 0 Å². The summed E-state index contributed by atoms with van der Waals surface area (Å²) in [6.07, 6.45) is 1.89. The predicted octanol–water partition coefficient (Wildman–Crippen LogP) is 1.47. The van der Waals surface area contributed by atoms with Gasteiger partial charge in [0.1, 0.15) is 5.75 Å². The molecule has 62 valence electrons. The van der Waals surface area contributed by atoms with Gasteiger partial charge in [-0.25, -0.2) is 0 Å². The molecular formula is C9H10N2O. The van der Waals surface area contributed by atoms with Crippen molar-refractivity contribution in [2.45, 2.75) is 0 Å². The highest BCUT2D eigenvalue weighted by Gasteiger charge is 2.04. The van der Waals surface area contributed by atoms with E-state index in [2.05, 4.69) is 0 Å². The Morgan fingerprint density at radius 1 is 1.33 bits per heavy atom. The van der Waals surface area contributed by atoms with Gasteiger partial charge in [0, 0.05) is 18.6 Å². The van der Waals surface area contributed by atoms with E-state index in [-0.39, 0.29) is 5.75 Å². The van der Waals surface area contributed by atoms with E-state index >= 15 is 0 Å². The molecule has 0 aliphatic carbocycles. The molecule has 0 atom stereocenters. The van der Waals surface area contributed by atoms with Crippen LogP contribution < -0.4 is 5.73 Å². The minimum absolute atomic E-state index is 0.174.